The number of aryl methyl sites for hydroxylation is 1. The Morgan fingerprint density at radius 1 is 1.71 bits per heavy atom. The second-order valence-corrected chi connectivity index (χ2v) is 3.72. The van der Waals surface area contributed by atoms with Crippen LogP contribution in [0.4, 0.5) is 0 Å². The summed E-state index contributed by atoms with van der Waals surface area (Å²) in [7, 11) is 0. The molecule has 74 valence electrons. The van der Waals surface area contributed by atoms with E-state index in [2.05, 4.69) is 5.10 Å². The first-order valence-electron chi connectivity index (χ1n) is 4.22. The third-order valence-electron chi connectivity index (χ3n) is 2.13. The minimum atomic E-state index is -0.323. The van der Waals surface area contributed by atoms with Crippen LogP contribution >= 0.6 is 11.3 Å². The molecule has 0 saturated carbocycles. The van der Waals surface area contributed by atoms with Crippen molar-refractivity contribution >= 4 is 16.3 Å². The van der Waals surface area contributed by atoms with Crippen molar-refractivity contribution in [2.24, 2.45) is 0 Å². The highest BCUT2D eigenvalue weighted by Gasteiger charge is 2.17. The molecule has 2 rings (SSSR count). The molecule has 0 atom stereocenters. The monoisotopic (exact) mass is 211 g/mol. The number of hydrogen-bond acceptors (Lipinski definition) is 4. The molecule has 2 heterocycles. The van der Waals surface area contributed by atoms with Gasteiger partial charge in [-0.1, -0.05) is 5.10 Å². The molecule has 0 aliphatic heterocycles. The largest absolute Gasteiger partial charge is 0.842 e. The van der Waals surface area contributed by atoms with Crippen LogP contribution in [0.5, 0.6) is 5.88 Å². The Bertz CT molecular complexity index is 543. The van der Waals surface area contributed by atoms with Crippen LogP contribution in [0, 0.1) is 6.92 Å². The van der Waals surface area contributed by atoms with Gasteiger partial charge in [0.1, 0.15) is 5.51 Å². The van der Waals surface area contributed by atoms with Crippen molar-refractivity contribution in [1.82, 2.24) is 9.61 Å². The van der Waals surface area contributed by atoms with Gasteiger partial charge in [-0.05, 0) is 29.7 Å². The van der Waals surface area contributed by atoms with Crippen LogP contribution in [-0.4, -0.2) is 9.61 Å². The van der Waals surface area contributed by atoms with Crippen LogP contribution in [0.3, 0.4) is 0 Å². The molecule has 0 aromatic carbocycles. The van der Waals surface area contributed by atoms with Crippen LogP contribution in [0.25, 0.3) is 4.96 Å². The van der Waals surface area contributed by atoms with Gasteiger partial charge in [-0.2, -0.15) is 0 Å². The molecule has 0 spiro atoms. The van der Waals surface area contributed by atoms with E-state index in [9.17, 15) is 9.90 Å². The van der Waals surface area contributed by atoms with Gasteiger partial charge in [0.15, 0.2) is 0 Å². The summed E-state index contributed by atoms with van der Waals surface area (Å²) in [4.78, 5) is 12.2. The molecule has 5 nitrogen and oxygen atoms in total. The summed E-state index contributed by atoms with van der Waals surface area (Å²) in [5, 5.41) is 15.6. The second kappa shape index (κ2) is 3.06. The molecule has 0 radical (unpaired) electrons. The fourth-order valence-corrected chi connectivity index (χ4v) is 2.16. The fourth-order valence-electron chi connectivity index (χ4n) is 1.35. The number of rotatable bonds is 1. The van der Waals surface area contributed by atoms with Crippen LogP contribution in [-0.2, 0) is 6.54 Å². The fraction of sp³-hybridized carbons (Fsp3) is 0.375. The molecule has 0 bridgehead atoms. The van der Waals surface area contributed by atoms with E-state index in [1.807, 2.05) is 6.92 Å². The predicted octanol–water partition coefficient (Wildman–Crippen LogP) is -0.555. The molecule has 0 N–H and O–H groups in total. The number of hydrogen-bond donors (Lipinski definition) is 0. The zero-order valence-corrected chi connectivity index (χ0v) is 8.67. The molecule has 0 aliphatic rings. The van der Waals surface area contributed by atoms with Gasteiger partial charge in [0.25, 0.3) is 0 Å². The molecular formula is C8H9N3O2S. The molecule has 0 unspecified atom stereocenters. The van der Waals surface area contributed by atoms with Gasteiger partial charge < -0.3 is 5.11 Å². The maximum atomic E-state index is 11.7. The maximum Gasteiger partial charge on any atom is 0.370 e. The third-order valence-corrected chi connectivity index (χ3v) is 2.93. The first-order valence-corrected chi connectivity index (χ1v) is 5.10. The summed E-state index contributed by atoms with van der Waals surface area (Å²) in [5.41, 5.74) is 1.45. The highest BCUT2D eigenvalue weighted by Crippen LogP contribution is 2.07. The Labute approximate surface area is 83.9 Å². The van der Waals surface area contributed by atoms with Crippen molar-refractivity contribution in [3.63, 3.8) is 0 Å². The van der Waals surface area contributed by atoms with Gasteiger partial charge in [-0.3, -0.25) is 0 Å². The van der Waals surface area contributed by atoms with Crippen molar-refractivity contribution in [3.8, 4) is 5.88 Å². The lowest BCUT2D eigenvalue weighted by Gasteiger charge is -2.10. The predicted molar refractivity (Wildman–Crippen MR) is 49.4 cm³/mol. The van der Waals surface area contributed by atoms with Crippen molar-refractivity contribution < 1.29 is 9.67 Å². The lowest BCUT2D eigenvalue weighted by atomic mass is 10.3. The minimum Gasteiger partial charge on any atom is -0.842 e. The zero-order valence-electron chi connectivity index (χ0n) is 7.85. The molecule has 2 aromatic rings. The van der Waals surface area contributed by atoms with Crippen molar-refractivity contribution in [2.75, 3.05) is 0 Å². The van der Waals surface area contributed by atoms with Crippen LogP contribution in [0.15, 0.2) is 10.3 Å². The summed E-state index contributed by atoms with van der Waals surface area (Å²) in [6.45, 7) is 3.94. The molecule has 0 amide bonds. The average Bonchev–Trinajstić information content (AvgIpc) is 2.64. The minimum absolute atomic E-state index is 0.218. The normalized spacial score (nSPS) is 11.0. The number of nitrogens with zero attached hydrogens (tertiary/aromatic N) is 3. The molecule has 0 saturated heterocycles. The van der Waals surface area contributed by atoms with E-state index in [-0.39, 0.29) is 17.0 Å². The molecule has 6 heteroatoms. The standard InChI is InChI=1S/C8H9N3O2S/c1-3-10-6(12)5(2)7(13)11-8(10)14-4-9-11/h4H,3H2,1-2H3. The number of fused-ring (bicyclic) bond motifs is 1. The Balaban J connectivity index is 3.03. The van der Waals surface area contributed by atoms with Crippen molar-refractivity contribution in [1.29, 1.82) is 0 Å². The highest BCUT2D eigenvalue weighted by atomic mass is 32.1. The lowest BCUT2D eigenvalue weighted by Crippen LogP contribution is -2.42. The van der Waals surface area contributed by atoms with E-state index in [0.717, 1.165) is 0 Å². The summed E-state index contributed by atoms with van der Waals surface area (Å²) >= 11 is 1.29. The Morgan fingerprint density at radius 3 is 3.07 bits per heavy atom. The van der Waals surface area contributed by atoms with E-state index in [1.54, 1.807) is 10.1 Å². The Hall–Kier alpha value is -1.43. The molecular weight excluding hydrogens is 202 g/mol. The van der Waals surface area contributed by atoms with E-state index < -0.39 is 0 Å². The summed E-state index contributed by atoms with van der Waals surface area (Å²) in [6, 6.07) is 0. The number of aromatic nitrogens is 3. The molecule has 14 heavy (non-hydrogen) atoms. The van der Waals surface area contributed by atoms with E-state index in [4.69, 9.17) is 0 Å². The van der Waals surface area contributed by atoms with Gasteiger partial charge in [-0.15, -0.1) is 0 Å². The average molecular weight is 211 g/mol. The highest BCUT2D eigenvalue weighted by molar-refractivity contribution is 7.14. The SMILES string of the molecule is CC[n+]1c([O-])c(C)c(=O)n2ncsc21. The van der Waals surface area contributed by atoms with Crippen LogP contribution in [0.1, 0.15) is 12.5 Å². The second-order valence-electron chi connectivity index (χ2n) is 2.91. The summed E-state index contributed by atoms with van der Waals surface area (Å²) < 4.78 is 2.82. The molecule has 0 aliphatic carbocycles. The summed E-state index contributed by atoms with van der Waals surface area (Å²) in [6.07, 6.45) is 0. The first-order chi connectivity index (χ1) is 6.66. The van der Waals surface area contributed by atoms with Crippen molar-refractivity contribution in [2.45, 2.75) is 20.4 Å². The van der Waals surface area contributed by atoms with Crippen molar-refractivity contribution in [3.05, 3.63) is 21.4 Å². The summed E-state index contributed by atoms with van der Waals surface area (Å²) in [5.74, 6) is -0.221. The van der Waals surface area contributed by atoms with Gasteiger partial charge in [0, 0.05) is 0 Å². The Morgan fingerprint density at radius 2 is 2.43 bits per heavy atom. The van der Waals surface area contributed by atoms with E-state index in [1.165, 1.54) is 22.8 Å². The van der Waals surface area contributed by atoms with Gasteiger partial charge in [0.2, 0.25) is 0 Å². The molecule has 0 fully saturated rings. The smallest absolute Gasteiger partial charge is 0.370 e. The zero-order chi connectivity index (χ0) is 10.3. The first kappa shape index (κ1) is 9.14. The quantitative estimate of drug-likeness (QED) is 0.594. The van der Waals surface area contributed by atoms with Gasteiger partial charge in [-0.25, -0.2) is 9.36 Å². The topological polar surface area (TPSA) is 61.3 Å². The van der Waals surface area contributed by atoms with Gasteiger partial charge >= 0.3 is 10.5 Å². The maximum absolute atomic E-state index is 11.7. The van der Waals surface area contributed by atoms with E-state index >= 15 is 0 Å². The van der Waals surface area contributed by atoms with Gasteiger partial charge in [0.05, 0.1) is 18.0 Å². The van der Waals surface area contributed by atoms with Crippen LogP contribution in [0.2, 0.25) is 0 Å². The van der Waals surface area contributed by atoms with E-state index in [0.29, 0.717) is 11.5 Å². The lowest BCUT2D eigenvalue weighted by molar-refractivity contribution is -0.712. The molecule has 2 aromatic heterocycles. The third kappa shape index (κ3) is 1.04. The van der Waals surface area contributed by atoms with Crippen LogP contribution < -0.4 is 15.2 Å². The Kier molecular flexibility index (Phi) is 1.99.